The van der Waals surface area contributed by atoms with Crippen molar-refractivity contribution >= 4 is 61.0 Å². The molecule has 7 N–H and O–H groups in total. The molecule has 1 spiro atoms. The molecule has 2 aliphatic heterocycles. The number of hydrogen-bond donors (Lipinski definition) is 6. The molecule has 4 aromatic heterocycles. The second-order valence-electron chi connectivity index (χ2n) is 11.7. The zero-order valence-corrected chi connectivity index (χ0v) is 26.1. The largest absolute Gasteiger partial charge is 0.472 e. The van der Waals surface area contributed by atoms with Crippen molar-refractivity contribution in [2.75, 3.05) is 24.7 Å². The number of aliphatic hydroxyl groups excluding tert-OH is 1. The lowest BCUT2D eigenvalue weighted by atomic mass is 9.60. The van der Waals surface area contributed by atoms with E-state index in [4.69, 9.17) is 34.3 Å². The monoisotopic (exact) mass is 699 g/mol. The third kappa shape index (κ3) is 4.70. The summed E-state index contributed by atoms with van der Waals surface area (Å²) >= 11 is 4.20. The topological polar surface area (TPSA) is 293 Å². The summed E-state index contributed by atoms with van der Waals surface area (Å²) in [6.07, 6.45) is -2.28. The van der Waals surface area contributed by atoms with Crippen molar-refractivity contribution in [2.24, 2.45) is 11.3 Å². The van der Waals surface area contributed by atoms with E-state index in [1.54, 1.807) is 4.57 Å². The van der Waals surface area contributed by atoms with E-state index in [-0.39, 0.29) is 36.0 Å². The van der Waals surface area contributed by atoms with Crippen LogP contribution in [0.4, 0.5) is 11.8 Å². The van der Waals surface area contributed by atoms with Crippen molar-refractivity contribution < 1.29 is 42.0 Å². The number of aromatic nitrogens is 9. The first-order chi connectivity index (χ1) is 21.9. The third-order valence-corrected chi connectivity index (χ3v) is 11.8. The second-order valence-corrected chi connectivity index (χ2v) is 15.9. The number of anilines is 2. The van der Waals surface area contributed by atoms with Gasteiger partial charge < -0.3 is 30.8 Å². The number of nitrogens with one attached hydrogen (secondary N) is 1. The van der Waals surface area contributed by atoms with E-state index in [0.29, 0.717) is 24.0 Å². The molecule has 10 atom stereocenters. The van der Waals surface area contributed by atoms with Gasteiger partial charge >= 0.3 is 14.6 Å². The van der Waals surface area contributed by atoms with Gasteiger partial charge in [0.25, 0.3) is 5.56 Å². The van der Waals surface area contributed by atoms with E-state index >= 15 is 0 Å². The summed E-state index contributed by atoms with van der Waals surface area (Å²) in [5, 5.41) is 19.5. The Balaban J connectivity index is 1.14. The standard InChI is InChI=1S/C22H27N11O10P2S/c23-16-11-17(26-6-25-16)32(7-27-11)13-9-1-2-22(9)5-40-44(36,37)42-10-3-8(4-39-45(38,46)43-15(22)14(13)34)41-20(10)33-18-12(30-31-33)19(35)29-21(24)28-18/h6-10,13-15,20,34H,1-5H2,(H,36,37)(H,38,46)(H2,23,25,26)(H3,24,28,29,35)/t8-,9+,10+,13+,14-,15-,20+,22-,45+/m0/s1. The molecule has 2 aliphatic carbocycles. The number of hydrogen-bond acceptors (Lipinski definition) is 17. The minimum atomic E-state index is -4.86. The maximum atomic E-state index is 13.7. The Labute approximate surface area is 262 Å². The molecule has 24 heteroatoms. The molecule has 2 bridgehead atoms. The minimum absolute atomic E-state index is 0.0625. The number of phosphoric acid groups is 1. The van der Waals surface area contributed by atoms with Gasteiger partial charge in [0, 0.05) is 11.8 Å². The Bertz CT molecular complexity index is 2030. The van der Waals surface area contributed by atoms with Crippen LogP contribution in [-0.2, 0) is 32.0 Å². The van der Waals surface area contributed by atoms with Crippen molar-refractivity contribution in [3.63, 3.8) is 0 Å². The fraction of sp³-hybridized carbons (Fsp3) is 0.591. The first kappa shape index (κ1) is 30.3. The van der Waals surface area contributed by atoms with Crippen LogP contribution in [0.2, 0.25) is 0 Å². The number of aliphatic hydroxyl groups is 1. The van der Waals surface area contributed by atoms with Crippen LogP contribution >= 0.6 is 26.9 Å². The molecule has 1 unspecified atom stereocenters. The van der Waals surface area contributed by atoms with Gasteiger partial charge in [-0.05, 0) is 18.8 Å². The smallest absolute Gasteiger partial charge is 0.388 e. The number of nitrogens with zero attached hydrogens (tertiary/aromatic N) is 8. The number of nitrogens with two attached hydrogens (primary N) is 2. The number of nitrogen functional groups attached to an aromatic ring is 2. The molecule has 0 aromatic carbocycles. The van der Waals surface area contributed by atoms with Crippen LogP contribution in [0.5, 0.6) is 0 Å². The lowest BCUT2D eigenvalue weighted by molar-refractivity contribution is -0.0984. The lowest BCUT2D eigenvalue weighted by Crippen LogP contribution is -2.49. The maximum absolute atomic E-state index is 13.7. The molecule has 6 heterocycles. The predicted octanol–water partition coefficient (Wildman–Crippen LogP) is 0.0739. The van der Waals surface area contributed by atoms with Gasteiger partial charge in [0.05, 0.1) is 31.7 Å². The zero-order valence-electron chi connectivity index (χ0n) is 23.5. The Morgan fingerprint density at radius 3 is 2.74 bits per heavy atom. The van der Waals surface area contributed by atoms with E-state index in [9.17, 15) is 23.9 Å². The Morgan fingerprint density at radius 1 is 1.13 bits per heavy atom. The van der Waals surface area contributed by atoms with Crippen molar-refractivity contribution in [2.45, 2.75) is 55.9 Å². The second kappa shape index (κ2) is 10.5. The molecule has 0 amide bonds. The summed E-state index contributed by atoms with van der Waals surface area (Å²) < 4.78 is 58.7. The van der Waals surface area contributed by atoms with E-state index in [0.717, 1.165) is 4.68 Å². The molecule has 8 rings (SSSR count). The Hall–Kier alpha value is -3.04. The molecule has 2 saturated carbocycles. The van der Waals surface area contributed by atoms with Crippen molar-refractivity contribution in [3.8, 4) is 0 Å². The highest BCUT2D eigenvalue weighted by molar-refractivity contribution is 8.44. The summed E-state index contributed by atoms with van der Waals surface area (Å²) in [5.74, 6) is -0.486. The van der Waals surface area contributed by atoms with Crippen LogP contribution in [0, 0.1) is 11.3 Å². The predicted molar refractivity (Wildman–Crippen MR) is 157 cm³/mol. The van der Waals surface area contributed by atoms with E-state index in [1.807, 2.05) is 0 Å². The average Bonchev–Trinajstić information content (AvgIpc) is 3.72. The van der Waals surface area contributed by atoms with Gasteiger partial charge in [-0.2, -0.15) is 9.67 Å². The molecule has 4 fully saturated rings. The fourth-order valence-corrected chi connectivity index (χ4v) is 9.63. The highest BCUT2D eigenvalue weighted by Crippen LogP contribution is 2.68. The summed E-state index contributed by atoms with van der Waals surface area (Å²) in [4.78, 5) is 42.2. The SMILES string of the molecule is Nc1nc2c(nnn2[C@@H]2O[C@@H]3CO[P@@](=O)(S)O[C@H]4[C@@H](O)[C@H](n5cnc6c(N)ncnc65)[C@H]5CC[C@]54COP(=O)(O)O[C@@H]2C3)c(=O)[nH]1. The first-order valence-corrected chi connectivity index (χ1v) is 18.2. The van der Waals surface area contributed by atoms with E-state index in [1.165, 1.54) is 12.7 Å². The lowest BCUT2D eigenvalue weighted by Gasteiger charge is -2.48. The normalized spacial score (nSPS) is 39.7. The van der Waals surface area contributed by atoms with Crippen LogP contribution in [0.1, 0.15) is 31.5 Å². The van der Waals surface area contributed by atoms with Gasteiger partial charge in [-0.15, -0.1) is 5.10 Å². The highest BCUT2D eigenvalue weighted by Gasteiger charge is 2.68. The molecule has 4 aromatic rings. The molecular formula is C22H27N11O10P2S. The van der Waals surface area contributed by atoms with E-state index in [2.05, 4.69) is 47.5 Å². The van der Waals surface area contributed by atoms with E-state index < -0.39 is 74.8 Å². The van der Waals surface area contributed by atoms with Crippen molar-refractivity contribution in [1.82, 2.24) is 44.5 Å². The number of aromatic amines is 1. The number of thiol groups is 1. The first-order valence-electron chi connectivity index (χ1n) is 14.0. The summed E-state index contributed by atoms with van der Waals surface area (Å²) in [7, 11) is -4.86. The molecule has 46 heavy (non-hydrogen) atoms. The van der Waals surface area contributed by atoms with Crippen LogP contribution in [0.25, 0.3) is 22.3 Å². The Kier molecular flexibility index (Phi) is 6.90. The average molecular weight is 700 g/mol. The van der Waals surface area contributed by atoms with Crippen LogP contribution in [0.3, 0.4) is 0 Å². The molecular weight excluding hydrogens is 672 g/mol. The van der Waals surface area contributed by atoms with Crippen molar-refractivity contribution in [3.05, 3.63) is 23.0 Å². The summed E-state index contributed by atoms with van der Waals surface area (Å²) in [5.41, 5.74) is 10.4. The number of rotatable bonds is 2. The number of imidazole rings is 1. The van der Waals surface area contributed by atoms with Crippen LogP contribution in [-0.4, -0.2) is 92.1 Å². The van der Waals surface area contributed by atoms with Gasteiger partial charge in [-0.25, -0.2) is 24.1 Å². The quantitative estimate of drug-likeness (QED) is 0.119. The van der Waals surface area contributed by atoms with Gasteiger partial charge in [0.2, 0.25) is 5.95 Å². The summed E-state index contributed by atoms with van der Waals surface area (Å²) in [6.45, 7) is -4.99. The van der Waals surface area contributed by atoms with Gasteiger partial charge in [0.15, 0.2) is 28.9 Å². The van der Waals surface area contributed by atoms with Gasteiger partial charge in [-0.3, -0.25) is 27.9 Å². The minimum Gasteiger partial charge on any atom is -0.388 e. The summed E-state index contributed by atoms with van der Waals surface area (Å²) in [6, 6.07) is -0.727. The number of fused-ring (bicyclic) bond motifs is 4. The van der Waals surface area contributed by atoms with Gasteiger partial charge in [-0.1, -0.05) is 17.5 Å². The maximum Gasteiger partial charge on any atom is 0.472 e. The molecule has 0 radical (unpaired) electrons. The van der Waals surface area contributed by atoms with Crippen LogP contribution < -0.4 is 17.0 Å². The Morgan fingerprint density at radius 2 is 1.96 bits per heavy atom. The fourth-order valence-electron chi connectivity index (χ4n) is 7.09. The number of H-pyrrole nitrogens is 1. The van der Waals surface area contributed by atoms with Crippen molar-refractivity contribution in [1.29, 1.82) is 0 Å². The van der Waals surface area contributed by atoms with Crippen LogP contribution in [0.15, 0.2) is 17.4 Å². The number of ether oxygens (including phenoxy) is 1. The molecule has 246 valence electrons. The molecule has 4 aliphatic rings. The molecule has 2 saturated heterocycles. The highest BCUT2D eigenvalue weighted by atomic mass is 32.7. The number of phosphoric ester groups is 1. The zero-order chi connectivity index (χ0) is 32.2. The molecule has 21 nitrogen and oxygen atoms in total. The van der Waals surface area contributed by atoms with Gasteiger partial charge in [0.1, 0.15) is 30.2 Å². The third-order valence-electron chi connectivity index (χ3n) is 9.18.